The fourth-order valence-electron chi connectivity index (χ4n) is 5.39. The Kier molecular flexibility index (Phi) is 7.22. The molecule has 2 N–H and O–H groups in total. The summed E-state index contributed by atoms with van der Waals surface area (Å²) in [4.78, 5) is 7.86. The van der Waals surface area contributed by atoms with Gasteiger partial charge in [-0.15, -0.1) is 0 Å². The number of fused-ring (bicyclic) bond motifs is 3. The van der Waals surface area contributed by atoms with Crippen LogP contribution < -0.4 is 10.6 Å². The second-order valence-corrected chi connectivity index (χ2v) is 9.20. The Morgan fingerprint density at radius 3 is 2.56 bits per heavy atom. The average molecular weight is 396 g/mol. The van der Waals surface area contributed by atoms with Crippen LogP contribution in [-0.4, -0.2) is 105 Å². The summed E-state index contributed by atoms with van der Waals surface area (Å²) in [5.41, 5.74) is 0. The van der Waals surface area contributed by atoms with Crippen LogP contribution in [0.5, 0.6) is 0 Å². The maximum atomic E-state index is 5.50. The van der Waals surface area contributed by atoms with Crippen molar-refractivity contribution in [2.75, 3.05) is 78.7 Å². The van der Waals surface area contributed by atoms with E-state index < -0.39 is 0 Å². The highest BCUT2D eigenvalue weighted by molar-refractivity contribution is 7.80. The van der Waals surface area contributed by atoms with Gasteiger partial charge in [-0.2, -0.15) is 0 Å². The lowest BCUT2D eigenvalue weighted by atomic mass is 9.75. The van der Waals surface area contributed by atoms with Crippen LogP contribution in [0.4, 0.5) is 0 Å². The van der Waals surface area contributed by atoms with Gasteiger partial charge in [-0.1, -0.05) is 0 Å². The number of morpholine rings is 1. The molecule has 5 aliphatic heterocycles. The van der Waals surface area contributed by atoms with Crippen LogP contribution >= 0.6 is 12.2 Å². The standard InChI is InChI=1S/C20H37N5OS/c27-20(21-4-8-23-9-11-26-12-10-23)22-14-19-13-17-3-7-25(19)16-18(17)15-24-5-1-2-6-24/h17-19H,1-16H2,(H2,21,22,27)/t17-,18-,19+/m0/s1. The highest BCUT2D eigenvalue weighted by Crippen LogP contribution is 2.36. The largest absolute Gasteiger partial charge is 0.379 e. The topological polar surface area (TPSA) is 43.0 Å². The highest BCUT2D eigenvalue weighted by Gasteiger charge is 2.40. The van der Waals surface area contributed by atoms with Gasteiger partial charge in [0, 0.05) is 51.9 Å². The second-order valence-electron chi connectivity index (χ2n) is 8.79. The smallest absolute Gasteiger partial charge is 0.166 e. The first-order valence-corrected chi connectivity index (χ1v) is 11.5. The lowest BCUT2D eigenvalue weighted by Gasteiger charge is -2.50. The predicted molar refractivity (Wildman–Crippen MR) is 113 cm³/mol. The molecule has 5 rings (SSSR count). The van der Waals surface area contributed by atoms with Crippen molar-refractivity contribution in [2.24, 2.45) is 11.8 Å². The van der Waals surface area contributed by atoms with Gasteiger partial charge in [0.15, 0.2) is 5.11 Å². The third kappa shape index (κ3) is 5.54. The van der Waals surface area contributed by atoms with Crippen molar-refractivity contribution in [1.82, 2.24) is 25.3 Å². The number of rotatable bonds is 7. The summed E-state index contributed by atoms with van der Waals surface area (Å²) >= 11 is 5.50. The normalized spacial score (nSPS) is 34.7. The van der Waals surface area contributed by atoms with Crippen LogP contribution in [0.25, 0.3) is 0 Å². The molecule has 154 valence electrons. The molecule has 0 aromatic carbocycles. The Labute approximate surface area is 170 Å². The first-order chi connectivity index (χ1) is 13.3. The third-order valence-corrected chi connectivity index (χ3v) is 7.31. The Hall–Kier alpha value is -0.470. The van der Waals surface area contributed by atoms with Crippen molar-refractivity contribution < 1.29 is 4.74 Å². The first kappa shape index (κ1) is 19.8. The molecule has 0 aromatic heterocycles. The molecule has 4 atom stereocenters. The van der Waals surface area contributed by atoms with Crippen LogP contribution in [0, 0.1) is 11.8 Å². The molecule has 0 aromatic rings. The van der Waals surface area contributed by atoms with Crippen LogP contribution in [0.2, 0.25) is 0 Å². The van der Waals surface area contributed by atoms with Crippen molar-refractivity contribution >= 4 is 17.3 Å². The van der Waals surface area contributed by atoms with Gasteiger partial charge < -0.3 is 20.3 Å². The summed E-state index contributed by atoms with van der Waals surface area (Å²) < 4.78 is 5.39. The molecular formula is C20H37N5OS. The van der Waals surface area contributed by atoms with E-state index in [1.54, 1.807) is 0 Å². The average Bonchev–Trinajstić information content (AvgIpc) is 3.21. The molecule has 0 aliphatic carbocycles. The molecule has 5 saturated heterocycles. The molecule has 0 saturated carbocycles. The summed E-state index contributed by atoms with van der Waals surface area (Å²) in [7, 11) is 0. The predicted octanol–water partition coefficient (Wildman–Crippen LogP) is 0.589. The molecule has 6 nitrogen and oxygen atoms in total. The quantitative estimate of drug-likeness (QED) is 0.612. The molecule has 0 amide bonds. The van der Waals surface area contributed by atoms with Gasteiger partial charge in [-0.05, 0) is 69.4 Å². The molecule has 5 aliphatic rings. The fourth-order valence-corrected chi connectivity index (χ4v) is 5.58. The van der Waals surface area contributed by atoms with Crippen LogP contribution in [0.3, 0.4) is 0 Å². The summed E-state index contributed by atoms with van der Waals surface area (Å²) in [6, 6.07) is 0.664. The maximum Gasteiger partial charge on any atom is 0.166 e. The Balaban J connectivity index is 1.12. The van der Waals surface area contributed by atoms with E-state index in [0.717, 1.165) is 62.9 Å². The Morgan fingerprint density at radius 2 is 1.81 bits per heavy atom. The molecule has 0 radical (unpaired) electrons. The van der Waals surface area contributed by atoms with Gasteiger partial charge in [0.2, 0.25) is 0 Å². The highest BCUT2D eigenvalue weighted by atomic mass is 32.1. The van der Waals surface area contributed by atoms with E-state index in [9.17, 15) is 0 Å². The zero-order chi connectivity index (χ0) is 18.5. The first-order valence-electron chi connectivity index (χ1n) is 11.1. The number of piperidine rings is 3. The van der Waals surface area contributed by atoms with E-state index in [1.807, 2.05) is 0 Å². The van der Waals surface area contributed by atoms with Crippen molar-refractivity contribution in [3.8, 4) is 0 Å². The monoisotopic (exact) mass is 395 g/mol. The van der Waals surface area contributed by atoms with E-state index in [2.05, 4.69) is 25.3 Å². The molecule has 5 fully saturated rings. The Morgan fingerprint density at radius 1 is 1.00 bits per heavy atom. The molecule has 2 bridgehead atoms. The van der Waals surface area contributed by atoms with E-state index >= 15 is 0 Å². The van der Waals surface area contributed by atoms with Crippen LogP contribution in [-0.2, 0) is 4.74 Å². The van der Waals surface area contributed by atoms with Gasteiger partial charge in [0.1, 0.15) is 0 Å². The van der Waals surface area contributed by atoms with E-state index in [4.69, 9.17) is 17.0 Å². The summed E-state index contributed by atoms with van der Waals surface area (Å²) in [6.45, 7) is 13.3. The molecular weight excluding hydrogens is 358 g/mol. The Bertz CT molecular complexity index is 481. The molecule has 1 unspecified atom stereocenters. The number of nitrogens with zero attached hydrogens (tertiary/aromatic N) is 3. The zero-order valence-corrected chi connectivity index (χ0v) is 17.5. The molecule has 27 heavy (non-hydrogen) atoms. The van der Waals surface area contributed by atoms with Crippen LogP contribution in [0.1, 0.15) is 25.7 Å². The number of ether oxygens (including phenoxy) is 1. The summed E-state index contributed by atoms with van der Waals surface area (Å²) in [6.07, 6.45) is 5.56. The number of thiocarbonyl (C=S) groups is 1. The van der Waals surface area contributed by atoms with Gasteiger partial charge in [0.25, 0.3) is 0 Å². The van der Waals surface area contributed by atoms with Gasteiger partial charge in [0.05, 0.1) is 13.2 Å². The van der Waals surface area contributed by atoms with Crippen molar-refractivity contribution in [1.29, 1.82) is 0 Å². The van der Waals surface area contributed by atoms with E-state index in [1.165, 1.54) is 58.4 Å². The second kappa shape index (κ2) is 9.83. The third-order valence-electron chi connectivity index (χ3n) is 7.02. The molecule has 0 spiro atoms. The van der Waals surface area contributed by atoms with E-state index in [0.29, 0.717) is 6.04 Å². The van der Waals surface area contributed by atoms with Crippen LogP contribution in [0.15, 0.2) is 0 Å². The van der Waals surface area contributed by atoms with Gasteiger partial charge >= 0.3 is 0 Å². The zero-order valence-electron chi connectivity index (χ0n) is 16.7. The fraction of sp³-hybridized carbons (Fsp3) is 0.950. The molecule has 7 heteroatoms. The SMILES string of the molecule is S=C(NCCN1CCOCC1)NC[C@H]1C[C@@H]2CCN1C[C@@H]2CN1CCCC1. The minimum absolute atomic E-state index is 0.664. The lowest BCUT2D eigenvalue weighted by molar-refractivity contribution is -0.00799. The van der Waals surface area contributed by atoms with E-state index in [-0.39, 0.29) is 0 Å². The van der Waals surface area contributed by atoms with Crippen molar-refractivity contribution in [2.45, 2.75) is 31.7 Å². The number of hydrogen-bond donors (Lipinski definition) is 2. The number of nitrogens with one attached hydrogen (secondary N) is 2. The number of likely N-dealkylation sites (tertiary alicyclic amines) is 1. The maximum absolute atomic E-state index is 5.50. The summed E-state index contributed by atoms with van der Waals surface area (Å²) in [5, 5.41) is 7.69. The lowest BCUT2D eigenvalue weighted by Crippen LogP contribution is -2.58. The minimum atomic E-state index is 0.664. The van der Waals surface area contributed by atoms with Gasteiger partial charge in [-0.3, -0.25) is 9.80 Å². The van der Waals surface area contributed by atoms with Crippen molar-refractivity contribution in [3.05, 3.63) is 0 Å². The van der Waals surface area contributed by atoms with Gasteiger partial charge in [-0.25, -0.2) is 0 Å². The summed E-state index contributed by atoms with van der Waals surface area (Å²) in [5.74, 6) is 1.82. The van der Waals surface area contributed by atoms with Crippen molar-refractivity contribution in [3.63, 3.8) is 0 Å². The molecule has 5 heterocycles. The number of hydrogen-bond acceptors (Lipinski definition) is 5. The minimum Gasteiger partial charge on any atom is -0.379 e.